The molecule has 1 amide bonds. The summed E-state index contributed by atoms with van der Waals surface area (Å²) in [7, 11) is 0. The SMILES string of the molecule is CSc1ccccc1NC(=O)CSc1nc2ccccc2c(=O)n1-c1ccc(F)cc1. The molecule has 3 aromatic carbocycles. The number of aromatic nitrogens is 2. The second-order valence-electron chi connectivity index (χ2n) is 6.57. The van der Waals surface area contributed by atoms with Gasteiger partial charge in [0.25, 0.3) is 5.56 Å². The predicted octanol–water partition coefficient (Wildman–Crippen LogP) is 4.98. The van der Waals surface area contributed by atoms with Gasteiger partial charge in [0.1, 0.15) is 5.82 Å². The number of anilines is 1. The second kappa shape index (κ2) is 9.36. The van der Waals surface area contributed by atoms with Gasteiger partial charge in [0.2, 0.25) is 5.91 Å². The molecule has 1 N–H and O–H groups in total. The average Bonchev–Trinajstić information content (AvgIpc) is 2.79. The van der Waals surface area contributed by atoms with Gasteiger partial charge in [-0.3, -0.25) is 14.2 Å². The molecule has 0 aliphatic heterocycles. The number of rotatable bonds is 6. The largest absolute Gasteiger partial charge is 0.324 e. The zero-order chi connectivity index (χ0) is 21.8. The number of amides is 1. The Bertz CT molecular complexity index is 1310. The van der Waals surface area contributed by atoms with E-state index >= 15 is 0 Å². The molecule has 0 saturated heterocycles. The molecule has 0 aliphatic carbocycles. The van der Waals surface area contributed by atoms with Gasteiger partial charge >= 0.3 is 0 Å². The van der Waals surface area contributed by atoms with Crippen LogP contribution in [0.15, 0.2) is 87.6 Å². The summed E-state index contributed by atoms with van der Waals surface area (Å²) < 4.78 is 14.8. The van der Waals surface area contributed by atoms with Crippen molar-refractivity contribution in [2.75, 3.05) is 17.3 Å². The average molecular weight is 452 g/mol. The Balaban J connectivity index is 1.66. The highest BCUT2D eigenvalue weighted by Crippen LogP contribution is 2.26. The van der Waals surface area contributed by atoms with E-state index in [4.69, 9.17) is 0 Å². The molecule has 1 aromatic heterocycles. The van der Waals surface area contributed by atoms with Gasteiger partial charge in [-0.15, -0.1) is 11.8 Å². The van der Waals surface area contributed by atoms with Gasteiger partial charge < -0.3 is 5.32 Å². The molecule has 0 spiro atoms. The molecular weight excluding hydrogens is 433 g/mol. The van der Waals surface area contributed by atoms with Crippen LogP contribution in [0.4, 0.5) is 10.1 Å². The second-order valence-corrected chi connectivity index (χ2v) is 8.36. The number of para-hydroxylation sites is 2. The Morgan fingerprint density at radius 2 is 1.74 bits per heavy atom. The standard InChI is InChI=1S/C23H18FN3O2S2/c1-30-20-9-5-4-8-19(20)25-21(28)14-31-23-26-18-7-3-2-6-17(18)22(29)27(23)16-12-10-15(24)11-13-16/h2-13H,14H2,1H3,(H,25,28). The van der Waals surface area contributed by atoms with E-state index in [9.17, 15) is 14.0 Å². The molecular formula is C23H18FN3O2S2. The van der Waals surface area contributed by atoms with Crippen LogP contribution in [-0.2, 0) is 4.79 Å². The highest BCUT2D eigenvalue weighted by Gasteiger charge is 2.15. The minimum absolute atomic E-state index is 0.0642. The summed E-state index contributed by atoms with van der Waals surface area (Å²) in [5, 5.41) is 3.72. The number of thioether (sulfide) groups is 2. The maximum atomic E-state index is 13.4. The first-order valence-corrected chi connectivity index (χ1v) is 11.6. The number of halogens is 1. The summed E-state index contributed by atoms with van der Waals surface area (Å²) >= 11 is 2.70. The number of carbonyl (C=O) groups excluding carboxylic acids is 1. The summed E-state index contributed by atoms with van der Waals surface area (Å²) in [5.41, 5.74) is 1.50. The van der Waals surface area contributed by atoms with Gasteiger partial charge in [-0.05, 0) is 54.8 Å². The quantitative estimate of drug-likeness (QED) is 0.331. The fourth-order valence-electron chi connectivity index (χ4n) is 3.09. The third kappa shape index (κ3) is 4.65. The molecule has 0 radical (unpaired) electrons. The molecule has 0 bridgehead atoms. The Morgan fingerprint density at radius 1 is 1.03 bits per heavy atom. The highest BCUT2D eigenvalue weighted by atomic mass is 32.2. The van der Waals surface area contributed by atoms with Gasteiger partial charge in [0.15, 0.2) is 5.16 Å². The molecule has 156 valence electrons. The van der Waals surface area contributed by atoms with Crippen LogP contribution in [0.2, 0.25) is 0 Å². The number of hydrogen-bond donors (Lipinski definition) is 1. The summed E-state index contributed by atoms with van der Waals surface area (Å²) in [6, 6.07) is 20.2. The predicted molar refractivity (Wildman–Crippen MR) is 125 cm³/mol. The van der Waals surface area contributed by atoms with Crippen molar-refractivity contribution in [3.63, 3.8) is 0 Å². The molecule has 31 heavy (non-hydrogen) atoms. The number of hydrogen-bond acceptors (Lipinski definition) is 5. The highest BCUT2D eigenvalue weighted by molar-refractivity contribution is 7.99. The molecule has 1 heterocycles. The smallest absolute Gasteiger partial charge is 0.266 e. The molecule has 0 saturated carbocycles. The maximum absolute atomic E-state index is 13.4. The number of fused-ring (bicyclic) bond motifs is 1. The van der Waals surface area contributed by atoms with Crippen LogP contribution in [0, 0.1) is 5.82 Å². The topological polar surface area (TPSA) is 64.0 Å². The van der Waals surface area contributed by atoms with Crippen LogP contribution < -0.4 is 10.9 Å². The first-order valence-electron chi connectivity index (χ1n) is 9.40. The monoisotopic (exact) mass is 451 g/mol. The number of benzene rings is 3. The summed E-state index contributed by atoms with van der Waals surface area (Å²) in [6.07, 6.45) is 1.94. The van der Waals surface area contributed by atoms with Crippen molar-refractivity contribution >= 4 is 46.0 Å². The first kappa shape index (κ1) is 21.1. The Kier molecular flexibility index (Phi) is 6.39. The van der Waals surface area contributed by atoms with Crippen LogP contribution >= 0.6 is 23.5 Å². The van der Waals surface area contributed by atoms with Crippen LogP contribution in [0.25, 0.3) is 16.6 Å². The molecule has 4 rings (SSSR count). The number of nitrogens with zero attached hydrogens (tertiary/aromatic N) is 2. The zero-order valence-corrected chi connectivity index (χ0v) is 18.2. The Morgan fingerprint density at radius 3 is 2.52 bits per heavy atom. The molecule has 0 unspecified atom stereocenters. The van der Waals surface area contributed by atoms with Crippen LogP contribution in [0.3, 0.4) is 0 Å². The van der Waals surface area contributed by atoms with E-state index in [1.165, 1.54) is 28.8 Å². The lowest BCUT2D eigenvalue weighted by Gasteiger charge is -2.13. The third-order valence-electron chi connectivity index (χ3n) is 4.54. The molecule has 5 nitrogen and oxygen atoms in total. The van der Waals surface area contributed by atoms with Gasteiger partial charge in [-0.1, -0.05) is 36.0 Å². The summed E-state index contributed by atoms with van der Waals surface area (Å²) in [4.78, 5) is 31.3. The maximum Gasteiger partial charge on any atom is 0.266 e. The molecule has 4 aromatic rings. The Hall–Kier alpha value is -3.10. The molecule has 0 fully saturated rings. The van der Waals surface area contributed by atoms with E-state index in [-0.39, 0.29) is 17.2 Å². The van der Waals surface area contributed by atoms with E-state index in [0.717, 1.165) is 22.3 Å². The van der Waals surface area contributed by atoms with Gasteiger partial charge in [0.05, 0.1) is 28.0 Å². The fourth-order valence-corrected chi connectivity index (χ4v) is 4.46. The minimum atomic E-state index is -0.397. The van der Waals surface area contributed by atoms with Gasteiger partial charge in [-0.2, -0.15) is 0 Å². The van der Waals surface area contributed by atoms with Crippen molar-refractivity contribution in [2.24, 2.45) is 0 Å². The van der Waals surface area contributed by atoms with Gasteiger partial charge in [-0.25, -0.2) is 9.37 Å². The van der Waals surface area contributed by atoms with E-state index in [0.29, 0.717) is 21.7 Å². The van der Waals surface area contributed by atoms with Gasteiger partial charge in [0, 0.05) is 4.90 Å². The molecule has 8 heteroatoms. The van der Waals surface area contributed by atoms with Crippen LogP contribution in [0.1, 0.15) is 0 Å². The van der Waals surface area contributed by atoms with Crippen molar-refractivity contribution < 1.29 is 9.18 Å². The van der Waals surface area contributed by atoms with Crippen LogP contribution in [-0.4, -0.2) is 27.5 Å². The van der Waals surface area contributed by atoms with Crippen molar-refractivity contribution in [1.29, 1.82) is 0 Å². The van der Waals surface area contributed by atoms with E-state index in [1.54, 1.807) is 36.0 Å². The lowest BCUT2D eigenvalue weighted by Crippen LogP contribution is -2.23. The Labute approximate surface area is 186 Å². The van der Waals surface area contributed by atoms with E-state index < -0.39 is 5.82 Å². The van der Waals surface area contributed by atoms with Crippen LogP contribution in [0.5, 0.6) is 0 Å². The lowest BCUT2D eigenvalue weighted by atomic mass is 10.2. The minimum Gasteiger partial charge on any atom is -0.324 e. The van der Waals surface area contributed by atoms with Crippen molar-refractivity contribution in [3.05, 3.63) is 89.0 Å². The lowest BCUT2D eigenvalue weighted by molar-refractivity contribution is -0.113. The van der Waals surface area contributed by atoms with E-state index in [1.807, 2.05) is 30.5 Å². The molecule has 0 aliphatic rings. The normalized spacial score (nSPS) is 10.9. The third-order valence-corrected chi connectivity index (χ3v) is 6.28. The van der Waals surface area contributed by atoms with E-state index in [2.05, 4.69) is 10.3 Å². The summed E-state index contributed by atoms with van der Waals surface area (Å²) in [5.74, 6) is -0.541. The zero-order valence-electron chi connectivity index (χ0n) is 16.5. The first-order chi connectivity index (χ1) is 15.1. The number of nitrogens with one attached hydrogen (secondary N) is 1. The fraction of sp³-hybridized carbons (Fsp3) is 0.0870. The van der Waals surface area contributed by atoms with Crippen molar-refractivity contribution in [1.82, 2.24) is 9.55 Å². The summed E-state index contributed by atoms with van der Waals surface area (Å²) in [6.45, 7) is 0. The molecule has 0 atom stereocenters. The van der Waals surface area contributed by atoms with Crippen molar-refractivity contribution in [3.8, 4) is 5.69 Å². The van der Waals surface area contributed by atoms with Crippen molar-refractivity contribution in [2.45, 2.75) is 10.1 Å². The number of carbonyl (C=O) groups is 1.